The summed E-state index contributed by atoms with van der Waals surface area (Å²) in [7, 11) is 0. The molecule has 1 saturated heterocycles. The maximum absolute atomic E-state index is 3.62. The van der Waals surface area contributed by atoms with Crippen molar-refractivity contribution < 1.29 is 0 Å². The van der Waals surface area contributed by atoms with Crippen LogP contribution in [0.4, 0.5) is 5.69 Å². The zero-order chi connectivity index (χ0) is 9.97. The van der Waals surface area contributed by atoms with Crippen molar-refractivity contribution in [2.24, 2.45) is 0 Å². The highest BCUT2D eigenvalue weighted by atomic mass is 32.2. The number of anilines is 1. The first-order valence-electron chi connectivity index (χ1n) is 5.19. The third-order valence-electron chi connectivity index (χ3n) is 2.70. The van der Waals surface area contributed by atoms with E-state index >= 15 is 0 Å². The van der Waals surface area contributed by atoms with Gasteiger partial charge in [0.15, 0.2) is 0 Å². The van der Waals surface area contributed by atoms with E-state index in [1.54, 1.807) is 0 Å². The highest BCUT2D eigenvalue weighted by Crippen LogP contribution is 2.28. The van der Waals surface area contributed by atoms with Crippen molar-refractivity contribution in [2.45, 2.75) is 31.6 Å². The summed E-state index contributed by atoms with van der Waals surface area (Å²) in [6.07, 6.45) is 1.29. The van der Waals surface area contributed by atoms with Crippen LogP contribution in [0.25, 0.3) is 0 Å². The Hall–Kier alpha value is -0.630. The summed E-state index contributed by atoms with van der Waals surface area (Å²) in [4.78, 5) is 0. The van der Waals surface area contributed by atoms with Gasteiger partial charge in [-0.15, -0.1) is 0 Å². The van der Waals surface area contributed by atoms with Crippen molar-refractivity contribution >= 4 is 17.4 Å². The molecule has 0 bridgehead atoms. The highest BCUT2D eigenvalue weighted by Gasteiger charge is 2.21. The van der Waals surface area contributed by atoms with E-state index in [0.29, 0.717) is 6.04 Å². The summed E-state index contributed by atoms with van der Waals surface area (Å²) in [6.45, 7) is 4.47. The van der Waals surface area contributed by atoms with Crippen LogP contribution in [0.15, 0.2) is 24.3 Å². The van der Waals surface area contributed by atoms with Crippen molar-refractivity contribution in [3.8, 4) is 0 Å². The van der Waals surface area contributed by atoms with Crippen molar-refractivity contribution in [1.82, 2.24) is 0 Å². The van der Waals surface area contributed by atoms with Gasteiger partial charge in [-0.1, -0.05) is 25.1 Å². The Morgan fingerprint density at radius 1 is 1.36 bits per heavy atom. The van der Waals surface area contributed by atoms with Gasteiger partial charge in [-0.25, -0.2) is 0 Å². The average Bonchev–Trinajstić information content (AvgIpc) is 2.56. The van der Waals surface area contributed by atoms with Crippen LogP contribution < -0.4 is 5.32 Å². The van der Waals surface area contributed by atoms with Crippen LogP contribution in [0.2, 0.25) is 0 Å². The first-order chi connectivity index (χ1) is 6.75. The monoisotopic (exact) mass is 207 g/mol. The lowest BCUT2D eigenvalue weighted by Gasteiger charge is -2.15. The van der Waals surface area contributed by atoms with E-state index in [1.807, 2.05) is 0 Å². The van der Waals surface area contributed by atoms with Gasteiger partial charge in [-0.2, -0.15) is 11.8 Å². The number of nitrogens with one attached hydrogen (secondary N) is 1. The Morgan fingerprint density at radius 2 is 2.14 bits per heavy atom. The highest BCUT2D eigenvalue weighted by molar-refractivity contribution is 8.00. The van der Waals surface area contributed by atoms with Gasteiger partial charge in [-0.05, 0) is 25.0 Å². The first kappa shape index (κ1) is 9.91. The lowest BCUT2D eigenvalue weighted by atomic mass is 10.1. The molecule has 1 aliphatic rings. The Kier molecular flexibility index (Phi) is 3.02. The van der Waals surface area contributed by atoms with Crippen LogP contribution in [0, 0.1) is 6.92 Å². The number of aryl methyl sites for hydroxylation is 1. The molecule has 1 nitrogen and oxygen atoms in total. The molecule has 0 radical (unpaired) electrons. The molecule has 1 N–H and O–H groups in total. The summed E-state index contributed by atoms with van der Waals surface area (Å²) < 4.78 is 0. The molecule has 2 heteroatoms. The number of para-hydroxylation sites is 1. The van der Waals surface area contributed by atoms with Crippen molar-refractivity contribution in [2.75, 3.05) is 11.1 Å². The molecule has 1 fully saturated rings. The summed E-state index contributed by atoms with van der Waals surface area (Å²) in [5.74, 6) is 1.25. The molecule has 0 aliphatic carbocycles. The predicted molar refractivity (Wildman–Crippen MR) is 65.1 cm³/mol. The minimum absolute atomic E-state index is 0.663. The molecule has 2 unspecified atom stereocenters. The molecule has 76 valence electrons. The van der Waals surface area contributed by atoms with E-state index in [0.717, 1.165) is 5.25 Å². The van der Waals surface area contributed by atoms with Crippen LogP contribution in [-0.2, 0) is 0 Å². The van der Waals surface area contributed by atoms with Crippen molar-refractivity contribution in [3.05, 3.63) is 29.8 Å². The smallest absolute Gasteiger partial charge is 0.0372 e. The van der Waals surface area contributed by atoms with Crippen LogP contribution in [-0.4, -0.2) is 17.0 Å². The Bertz CT molecular complexity index is 311. The van der Waals surface area contributed by atoms with Crippen molar-refractivity contribution in [1.29, 1.82) is 0 Å². The molecule has 0 spiro atoms. The molecular weight excluding hydrogens is 190 g/mol. The lowest BCUT2D eigenvalue weighted by Crippen LogP contribution is -2.19. The maximum atomic E-state index is 3.62. The third-order valence-corrected chi connectivity index (χ3v) is 4.06. The van der Waals surface area contributed by atoms with Gasteiger partial charge >= 0.3 is 0 Å². The minimum Gasteiger partial charge on any atom is -0.381 e. The molecule has 2 rings (SSSR count). The van der Waals surface area contributed by atoms with E-state index in [-0.39, 0.29) is 0 Å². The molecule has 2 atom stereocenters. The summed E-state index contributed by atoms with van der Waals surface area (Å²) in [5, 5.41) is 4.43. The van der Waals surface area contributed by atoms with Gasteiger partial charge in [0.2, 0.25) is 0 Å². The summed E-state index contributed by atoms with van der Waals surface area (Å²) >= 11 is 2.07. The molecular formula is C12H17NS. The first-order valence-corrected chi connectivity index (χ1v) is 6.24. The molecule has 14 heavy (non-hydrogen) atoms. The van der Waals surface area contributed by atoms with Crippen LogP contribution in [0.1, 0.15) is 18.9 Å². The SMILES string of the molecule is Cc1ccccc1NC1CSC(C)C1. The Labute approximate surface area is 90.3 Å². The minimum atomic E-state index is 0.663. The quantitative estimate of drug-likeness (QED) is 0.798. The number of rotatable bonds is 2. The van der Waals surface area contributed by atoms with Crippen LogP contribution in [0.3, 0.4) is 0 Å². The molecule has 0 saturated carbocycles. The maximum Gasteiger partial charge on any atom is 0.0372 e. The average molecular weight is 207 g/mol. The molecule has 0 aromatic heterocycles. The van der Waals surface area contributed by atoms with E-state index in [2.05, 4.69) is 55.2 Å². The normalized spacial score (nSPS) is 26.4. The third kappa shape index (κ3) is 2.24. The standard InChI is InChI=1S/C12H17NS/c1-9-5-3-4-6-12(9)13-11-7-10(2)14-8-11/h3-6,10-11,13H,7-8H2,1-2H3. The fraction of sp³-hybridized carbons (Fsp3) is 0.500. The number of hydrogen-bond donors (Lipinski definition) is 1. The summed E-state index contributed by atoms with van der Waals surface area (Å²) in [6, 6.07) is 9.18. The van der Waals surface area contributed by atoms with E-state index in [1.165, 1.54) is 23.4 Å². The van der Waals surface area contributed by atoms with Crippen LogP contribution in [0.5, 0.6) is 0 Å². The lowest BCUT2D eigenvalue weighted by molar-refractivity contribution is 0.746. The number of thioether (sulfide) groups is 1. The van der Waals surface area contributed by atoms with E-state index in [9.17, 15) is 0 Å². The van der Waals surface area contributed by atoms with Gasteiger partial charge in [0, 0.05) is 22.7 Å². The largest absolute Gasteiger partial charge is 0.381 e. The molecule has 0 amide bonds. The summed E-state index contributed by atoms with van der Waals surface area (Å²) in [5.41, 5.74) is 2.64. The zero-order valence-corrected chi connectivity index (χ0v) is 9.60. The topological polar surface area (TPSA) is 12.0 Å². The van der Waals surface area contributed by atoms with E-state index in [4.69, 9.17) is 0 Å². The predicted octanol–water partition coefficient (Wildman–Crippen LogP) is 3.30. The second-order valence-electron chi connectivity index (χ2n) is 4.04. The fourth-order valence-corrected chi connectivity index (χ4v) is 3.02. The van der Waals surface area contributed by atoms with Gasteiger partial charge in [0.25, 0.3) is 0 Å². The van der Waals surface area contributed by atoms with Crippen LogP contribution >= 0.6 is 11.8 Å². The Morgan fingerprint density at radius 3 is 2.79 bits per heavy atom. The van der Waals surface area contributed by atoms with Gasteiger partial charge in [0.1, 0.15) is 0 Å². The number of benzene rings is 1. The Balaban J connectivity index is 2.01. The van der Waals surface area contributed by atoms with Gasteiger partial charge in [-0.3, -0.25) is 0 Å². The molecule has 1 heterocycles. The molecule has 1 aromatic rings. The van der Waals surface area contributed by atoms with E-state index < -0.39 is 0 Å². The molecule has 1 aliphatic heterocycles. The van der Waals surface area contributed by atoms with Gasteiger partial charge < -0.3 is 5.32 Å². The van der Waals surface area contributed by atoms with Crippen molar-refractivity contribution in [3.63, 3.8) is 0 Å². The van der Waals surface area contributed by atoms with Gasteiger partial charge in [0.05, 0.1) is 0 Å². The second-order valence-corrected chi connectivity index (χ2v) is 5.51. The zero-order valence-electron chi connectivity index (χ0n) is 8.79. The fourth-order valence-electron chi connectivity index (χ4n) is 1.87. The molecule has 1 aromatic carbocycles. The second kappa shape index (κ2) is 4.26. The number of hydrogen-bond acceptors (Lipinski definition) is 2.